The van der Waals surface area contributed by atoms with Gasteiger partial charge >= 0.3 is 5.97 Å². The summed E-state index contributed by atoms with van der Waals surface area (Å²) in [6.07, 6.45) is -1.00. The second-order valence-electron chi connectivity index (χ2n) is 9.31. The SMILES string of the molecule is CC(C)[C@H]1NC(=O)CNC(=O)[C@@H](CC2=CSCN2)NC(=O)C[C@@H](CCCCC(N)=O)OC(=O)C[C@@H]1O. The summed E-state index contributed by atoms with van der Waals surface area (Å²) in [4.78, 5) is 61.8. The van der Waals surface area contributed by atoms with E-state index in [1.807, 2.05) is 5.41 Å². The Balaban J connectivity index is 2.21. The first-order valence-electron chi connectivity index (χ1n) is 12.1. The number of primary amides is 1. The van der Waals surface area contributed by atoms with Gasteiger partial charge in [0.25, 0.3) is 0 Å². The topological polar surface area (TPSA) is 189 Å². The molecule has 0 saturated carbocycles. The molecule has 0 aliphatic carbocycles. The molecule has 0 radical (unpaired) electrons. The average molecular weight is 528 g/mol. The molecule has 4 amide bonds. The number of aliphatic hydroxyl groups is 1. The lowest BCUT2D eigenvalue weighted by atomic mass is 9.96. The van der Waals surface area contributed by atoms with Crippen molar-refractivity contribution in [3.8, 4) is 0 Å². The third kappa shape index (κ3) is 10.4. The second kappa shape index (κ2) is 14.7. The van der Waals surface area contributed by atoms with Crippen molar-refractivity contribution in [1.82, 2.24) is 21.3 Å². The molecular weight excluding hydrogens is 490 g/mol. The van der Waals surface area contributed by atoms with Gasteiger partial charge < -0.3 is 36.8 Å². The first kappa shape index (κ1) is 29.4. The van der Waals surface area contributed by atoms with Gasteiger partial charge in [0.05, 0.1) is 37.4 Å². The van der Waals surface area contributed by atoms with Crippen LogP contribution in [-0.2, 0) is 28.7 Å². The maximum absolute atomic E-state index is 12.9. The second-order valence-corrected chi connectivity index (χ2v) is 10.2. The summed E-state index contributed by atoms with van der Waals surface area (Å²) < 4.78 is 5.51. The highest BCUT2D eigenvalue weighted by Gasteiger charge is 2.31. The fraction of sp³-hybridized carbons (Fsp3) is 0.696. The van der Waals surface area contributed by atoms with E-state index in [-0.39, 0.29) is 38.1 Å². The molecule has 7 N–H and O–H groups in total. The Morgan fingerprint density at radius 3 is 2.53 bits per heavy atom. The van der Waals surface area contributed by atoms with Gasteiger partial charge in [0.15, 0.2) is 0 Å². The van der Waals surface area contributed by atoms with Crippen molar-refractivity contribution in [3.05, 3.63) is 11.1 Å². The van der Waals surface area contributed by atoms with Gasteiger partial charge in [-0.1, -0.05) is 13.8 Å². The molecule has 0 aromatic rings. The zero-order chi connectivity index (χ0) is 26.7. The smallest absolute Gasteiger partial charge is 0.308 e. The highest BCUT2D eigenvalue weighted by atomic mass is 32.2. The van der Waals surface area contributed by atoms with Crippen LogP contribution in [0.5, 0.6) is 0 Å². The van der Waals surface area contributed by atoms with Gasteiger partial charge in [0.1, 0.15) is 12.1 Å². The van der Waals surface area contributed by atoms with Gasteiger partial charge in [0.2, 0.25) is 23.6 Å². The molecule has 0 aromatic heterocycles. The van der Waals surface area contributed by atoms with Crippen LogP contribution in [0.2, 0.25) is 0 Å². The summed E-state index contributed by atoms with van der Waals surface area (Å²) in [5.41, 5.74) is 5.95. The largest absolute Gasteiger partial charge is 0.462 e. The molecule has 202 valence electrons. The fourth-order valence-corrected chi connectivity index (χ4v) is 4.70. The van der Waals surface area contributed by atoms with Crippen LogP contribution in [-0.4, -0.2) is 71.4 Å². The van der Waals surface area contributed by atoms with E-state index >= 15 is 0 Å². The minimum Gasteiger partial charge on any atom is -0.462 e. The van der Waals surface area contributed by atoms with Crippen LogP contribution in [0, 0.1) is 5.92 Å². The molecule has 36 heavy (non-hydrogen) atoms. The zero-order valence-corrected chi connectivity index (χ0v) is 21.5. The van der Waals surface area contributed by atoms with Crippen LogP contribution in [0.1, 0.15) is 58.8 Å². The predicted molar refractivity (Wildman–Crippen MR) is 133 cm³/mol. The summed E-state index contributed by atoms with van der Waals surface area (Å²) in [6, 6.07) is -1.70. The van der Waals surface area contributed by atoms with Gasteiger partial charge in [-0.25, -0.2) is 0 Å². The molecule has 0 aromatic carbocycles. The Kier molecular flexibility index (Phi) is 12.0. The lowest BCUT2D eigenvalue weighted by Gasteiger charge is -2.27. The standard InChI is InChI=1S/C23H37N5O7S/c1-13(2)22-17(29)9-21(33)35-15(5-3-4-6-18(24)30)8-19(31)27-16(7-14-11-36-12-26-14)23(34)25-10-20(32)28-22/h11,13,15-17,22,26,29H,3-10,12H2,1-2H3,(H2,24,30)(H,25,34)(H,27,31)(H,28,32)/t15-,16-,17+,22-/m1/s1. The maximum atomic E-state index is 12.9. The van der Waals surface area contributed by atoms with Gasteiger partial charge in [-0.2, -0.15) is 0 Å². The normalized spacial score (nSPS) is 26.5. The first-order valence-corrected chi connectivity index (χ1v) is 13.2. The third-order valence-corrected chi connectivity index (χ3v) is 6.62. The Morgan fingerprint density at radius 2 is 1.89 bits per heavy atom. The number of nitrogens with one attached hydrogen (secondary N) is 4. The van der Waals surface area contributed by atoms with E-state index in [1.54, 1.807) is 13.8 Å². The minimum absolute atomic E-state index is 0.170. The molecule has 2 rings (SSSR count). The van der Waals surface area contributed by atoms with E-state index in [0.29, 0.717) is 25.1 Å². The number of esters is 1. The summed E-state index contributed by atoms with van der Waals surface area (Å²) in [7, 11) is 0. The van der Waals surface area contributed by atoms with E-state index in [4.69, 9.17) is 10.5 Å². The Morgan fingerprint density at radius 1 is 1.14 bits per heavy atom. The molecule has 0 spiro atoms. The Labute approximate surface area is 214 Å². The molecule has 12 nitrogen and oxygen atoms in total. The highest BCUT2D eigenvalue weighted by molar-refractivity contribution is 8.02. The van der Waals surface area contributed by atoms with E-state index in [9.17, 15) is 29.1 Å². The number of cyclic esters (lactones) is 1. The monoisotopic (exact) mass is 527 g/mol. The first-order chi connectivity index (χ1) is 17.0. The number of nitrogens with two attached hydrogens (primary N) is 1. The van der Waals surface area contributed by atoms with E-state index in [2.05, 4.69) is 21.3 Å². The minimum atomic E-state index is -1.22. The lowest BCUT2D eigenvalue weighted by Crippen LogP contribution is -2.52. The van der Waals surface area contributed by atoms with Crippen molar-refractivity contribution in [3.63, 3.8) is 0 Å². The van der Waals surface area contributed by atoms with Crippen molar-refractivity contribution in [2.75, 3.05) is 12.4 Å². The van der Waals surface area contributed by atoms with Gasteiger partial charge in [-0.15, -0.1) is 11.8 Å². The van der Waals surface area contributed by atoms with E-state index in [1.165, 1.54) is 11.8 Å². The number of thioether (sulfide) groups is 1. The van der Waals surface area contributed by atoms with Crippen LogP contribution in [0.15, 0.2) is 11.1 Å². The number of carbonyl (C=O) groups excluding carboxylic acids is 5. The van der Waals surface area contributed by atoms with Crippen LogP contribution in [0.25, 0.3) is 0 Å². The van der Waals surface area contributed by atoms with Crippen LogP contribution >= 0.6 is 11.8 Å². The van der Waals surface area contributed by atoms with Crippen molar-refractivity contribution >= 4 is 41.4 Å². The number of amides is 4. The van der Waals surface area contributed by atoms with Crippen molar-refractivity contribution in [1.29, 1.82) is 0 Å². The lowest BCUT2D eigenvalue weighted by molar-refractivity contribution is -0.154. The van der Waals surface area contributed by atoms with Crippen LogP contribution in [0.3, 0.4) is 0 Å². The molecule has 0 unspecified atom stereocenters. The zero-order valence-electron chi connectivity index (χ0n) is 20.7. The molecule has 2 aliphatic rings. The predicted octanol–water partition coefficient (Wildman–Crippen LogP) is -0.634. The maximum Gasteiger partial charge on any atom is 0.308 e. The number of unbranched alkanes of at least 4 members (excludes halogenated alkanes) is 1. The summed E-state index contributed by atoms with van der Waals surface area (Å²) >= 11 is 1.52. The Hall–Kier alpha value is -2.80. The molecule has 1 saturated heterocycles. The average Bonchev–Trinajstić information content (AvgIpc) is 3.30. The van der Waals surface area contributed by atoms with Gasteiger partial charge in [-0.3, -0.25) is 24.0 Å². The number of ether oxygens (including phenoxy) is 1. The van der Waals surface area contributed by atoms with E-state index in [0.717, 1.165) is 5.70 Å². The quantitative estimate of drug-likeness (QED) is 0.176. The number of hydrogen-bond donors (Lipinski definition) is 6. The summed E-state index contributed by atoms with van der Waals surface area (Å²) in [6.45, 7) is 3.22. The number of aliphatic hydroxyl groups excluding tert-OH is 1. The molecule has 0 bridgehead atoms. The molecule has 1 fully saturated rings. The highest BCUT2D eigenvalue weighted by Crippen LogP contribution is 2.18. The van der Waals surface area contributed by atoms with Crippen molar-refractivity contribution in [2.24, 2.45) is 11.7 Å². The van der Waals surface area contributed by atoms with Crippen LogP contribution in [0.4, 0.5) is 0 Å². The Bertz CT molecular complexity index is 851. The third-order valence-electron chi connectivity index (χ3n) is 5.85. The molecule has 4 atom stereocenters. The van der Waals surface area contributed by atoms with E-state index < -0.39 is 53.9 Å². The van der Waals surface area contributed by atoms with Gasteiger partial charge in [-0.05, 0) is 30.6 Å². The van der Waals surface area contributed by atoms with Crippen molar-refractivity contribution in [2.45, 2.75) is 83.1 Å². The van der Waals surface area contributed by atoms with Gasteiger partial charge in [0, 0.05) is 18.5 Å². The number of carbonyl (C=O) groups is 5. The summed E-state index contributed by atoms with van der Waals surface area (Å²) in [5.74, 6) is -2.29. The number of rotatable bonds is 8. The molecule has 13 heteroatoms. The number of hydrogen-bond acceptors (Lipinski definition) is 9. The molecular formula is C23H37N5O7S. The molecule has 2 heterocycles. The molecule has 2 aliphatic heterocycles. The summed E-state index contributed by atoms with van der Waals surface area (Å²) in [5, 5.41) is 23.5. The van der Waals surface area contributed by atoms with Crippen molar-refractivity contribution < 1.29 is 33.8 Å². The van der Waals surface area contributed by atoms with Crippen LogP contribution < -0.4 is 27.0 Å². The fourth-order valence-electron chi connectivity index (χ4n) is 3.97.